The van der Waals surface area contributed by atoms with Crippen LogP contribution in [0.3, 0.4) is 0 Å². The lowest BCUT2D eigenvalue weighted by atomic mass is 10.1. The van der Waals surface area contributed by atoms with Gasteiger partial charge in [0.1, 0.15) is 5.69 Å². The Morgan fingerprint density at radius 2 is 1.84 bits per heavy atom. The Kier molecular flexibility index (Phi) is 5.15. The van der Waals surface area contributed by atoms with Gasteiger partial charge in [0.25, 0.3) is 11.5 Å². The summed E-state index contributed by atoms with van der Waals surface area (Å²) in [6.45, 7) is 1.63. The van der Waals surface area contributed by atoms with Crippen molar-refractivity contribution in [3.05, 3.63) is 57.5 Å². The van der Waals surface area contributed by atoms with E-state index in [1.807, 2.05) is 0 Å². The lowest BCUT2D eigenvalue weighted by Crippen LogP contribution is -2.30. The molecule has 6 nitrogen and oxygen atoms in total. The quantitative estimate of drug-likeness (QED) is 0.884. The van der Waals surface area contributed by atoms with E-state index in [1.165, 1.54) is 17.0 Å². The lowest BCUT2D eigenvalue weighted by Gasteiger charge is -2.16. The molecule has 134 valence electrons. The minimum absolute atomic E-state index is 0.0776. The molecule has 0 aliphatic heterocycles. The van der Waals surface area contributed by atoms with Gasteiger partial charge in [0.05, 0.1) is 11.6 Å². The molecule has 25 heavy (non-hydrogen) atoms. The number of rotatable bonds is 4. The summed E-state index contributed by atoms with van der Waals surface area (Å²) in [6.07, 6.45) is -4.41. The molecule has 1 atom stereocenters. The Balaban J connectivity index is 2.16. The Hall–Kier alpha value is -2.84. The fraction of sp³-hybridized carbons (Fsp3) is 0.312. The average molecular weight is 354 g/mol. The van der Waals surface area contributed by atoms with E-state index in [-0.39, 0.29) is 11.6 Å². The summed E-state index contributed by atoms with van der Waals surface area (Å²) >= 11 is 0. The van der Waals surface area contributed by atoms with Gasteiger partial charge in [-0.2, -0.15) is 13.2 Å². The van der Waals surface area contributed by atoms with Gasteiger partial charge in [-0.15, -0.1) is 0 Å². The monoisotopic (exact) mass is 354 g/mol. The summed E-state index contributed by atoms with van der Waals surface area (Å²) in [4.78, 5) is 31.9. The molecule has 0 saturated carbocycles. The first-order valence-corrected chi connectivity index (χ1v) is 7.34. The van der Waals surface area contributed by atoms with Crippen LogP contribution in [-0.4, -0.2) is 30.0 Å². The summed E-state index contributed by atoms with van der Waals surface area (Å²) in [5.74, 6) is -0.374. The highest BCUT2D eigenvalue weighted by atomic mass is 19.4. The average Bonchev–Trinajstić information content (AvgIpc) is 2.53. The maximum absolute atomic E-state index is 12.6. The molecule has 2 N–H and O–H groups in total. The molecule has 0 aliphatic carbocycles. The summed E-state index contributed by atoms with van der Waals surface area (Å²) in [6, 6.07) is 5.00. The fourth-order valence-electron chi connectivity index (χ4n) is 2.09. The van der Waals surface area contributed by atoms with Crippen LogP contribution in [0.2, 0.25) is 0 Å². The fourth-order valence-corrected chi connectivity index (χ4v) is 2.09. The number of halogens is 3. The van der Waals surface area contributed by atoms with Crippen molar-refractivity contribution in [1.82, 2.24) is 15.3 Å². The van der Waals surface area contributed by atoms with Gasteiger partial charge < -0.3 is 10.2 Å². The molecule has 1 heterocycles. The molecule has 1 aromatic heterocycles. The van der Waals surface area contributed by atoms with Gasteiger partial charge in [0.15, 0.2) is 0 Å². The summed E-state index contributed by atoms with van der Waals surface area (Å²) in [5, 5.41) is 2.61. The second-order valence-electron chi connectivity index (χ2n) is 5.66. The second kappa shape index (κ2) is 6.96. The smallest absolute Gasteiger partial charge is 0.348 e. The molecule has 2 rings (SSSR count). The largest absolute Gasteiger partial charge is 0.416 e. The summed E-state index contributed by atoms with van der Waals surface area (Å²) in [7, 11) is 3.32. The molecule has 0 radical (unpaired) electrons. The number of anilines is 1. The maximum atomic E-state index is 12.6. The van der Waals surface area contributed by atoms with E-state index in [0.29, 0.717) is 5.56 Å². The molecular formula is C16H17F3N4O2. The number of H-pyrrole nitrogens is 1. The molecule has 0 saturated heterocycles. The van der Waals surface area contributed by atoms with Gasteiger partial charge in [-0.3, -0.25) is 14.6 Å². The van der Waals surface area contributed by atoms with Crippen LogP contribution in [0, 0.1) is 0 Å². The maximum Gasteiger partial charge on any atom is 0.416 e. The first-order valence-electron chi connectivity index (χ1n) is 7.34. The van der Waals surface area contributed by atoms with Gasteiger partial charge in [0, 0.05) is 20.2 Å². The topological polar surface area (TPSA) is 78.1 Å². The van der Waals surface area contributed by atoms with Crippen molar-refractivity contribution >= 4 is 11.9 Å². The first-order chi connectivity index (χ1) is 11.6. The van der Waals surface area contributed by atoms with Crippen molar-refractivity contribution in [3.63, 3.8) is 0 Å². The summed E-state index contributed by atoms with van der Waals surface area (Å²) < 4.78 is 37.7. The van der Waals surface area contributed by atoms with Crippen molar-refractivity contribution in [1.29, 1.82) is 0 Å². The first kappa shape index (κ1) is 18.5. The van der Waals surface area contributed by atoms with E-state index >= 15 is 0 Å². The molecule has 0 spiro atoms. The third-order valence-electron chi connectivity index (χ3n) is 3.47. The number of benzene rings is 1. The molecule has 0 aliphatic rings. The number of nitrogens with one attached hydrogen (secondary N) is 2. The zero-order valence-electron chi connectivity index (χ0n) is 13.8. The normalized spacial score (nSPS) is 12.6. The number of aromatic nitrogens is 2. The second-order valence-corrected chi connectivity index (χ2v) is 5.66. The number of hydrogen-bond donors (Lipinski definition) is 2. The third kappa shape index (κ3) is 4.59. The van der Waals surface area contributed by atoms with Gasteiger partial charge in [-0.1, -0.05) is 12.1 Å². The van der Waals surface area contributed by atoms with Crippen molar-refractivity contribution in [2.75, 3.05) is 19.0 Å². The van der Waals surface area contributed by atoms with Crippen molar-refractivity contribution < 1.29 is 18.0 Å². The number of aromatic amines is 1. The standard InChI is InChI=1S/C16H17F3N4O2/c1-9(10-4-6-11(7-5-10)16(17,18)19)20-14(25)12-8-13(24)22-15(21-12)23(2)3/h4-9H,1-3H3,(H,20,25)(H,21,22,24). The highest BCUT2D eigenvalue weighted by Gasteiger charge is 2.30. The molecule has 2 aromatic rings. The highest BCUT2D eigenvalue weighted by molar-refractivity contribution is 5.92. The number of hydrogen-bond acceptors (Lipinski definition) is 4. The third-order valence-corrected chi connectivity index (χ3v) is 3.47. The van der Waals surface area contributed by atoms with E-state index in [2.05, 4.69) is 15.3 Å². The van der Waals surface area contributed by atoms with Crippen LogP contribution >= 0.6 is 0 Å². The molecule has 0 fully saturated rings. The van der Waals surface area contributed by atoms with Gasteiger partial charge in [0.2, 0.25) is 5.95 Å². The van der Waals surface area contributed by atoms with E-state index < -0.39 is 29.2 Å². The molecule has 1 amide bonds. The molecular weight excluding hydrogens is 337 g/mol. The number of carbonyl (C=O) groups excluding carboxylic acids is 1. The van der Waals surface area contributed by atoms with Crippen molar-refractivity contribution in [3.8, 4) is 0 Å². The van der Waals surface area contributed by atoms with Crippen LogP contribution < -0.4 is 15.8 Å². The minimum atomic E-state index is -4.41. The van der Waals surface area contributed by atoms with Crippen LogP contribution in [-0.2, 0) is 6.18 Å². The Bertz CT molecular complexity index is 813. The van der Waals surface area contributed by atoms with Crippen LogP contribution in [0.1, 0.15) is 34.6 Å². The van der Waals surface area contributed by atoms with Gasteiger partial charge in [-0.05, 0) is 24.6 Å². The minimum Gasteiger partial charge on any atom is -0.348 e. The summed E-state index contributed by atoms with van der Waals surface area (Å²) in [5.41, 5.74) is -0.821. The predicted octanol–water partition coefficient (Wildman–Crippen LogP) is 2.35. The van der Waals surface area contributed by atoms with E-state index in [0.717, 1.165) is 18.2 Å². The lowest BCUT2D eigenvalue weighted by molar-refractivity contribution is -0.137. The van der Waals surface area contributed by atoms with Crippen LogP contribution in [0.25, 0.3) is 0 Å². The highest BCUT2D eigenvalue weighted by Crippen LogP contribution is 2.29. The zero-order valence-corrected chi connectivity index (χ0v) is 13.8. The molecule has 0 bridgehead atoms. The van der Waals surface area contributed by atoms with Crippen molar-refractivity contribution in [2.45, 2.75) is 19.1 Å². The van der Waals surface area contributed by atoms with Crippen LogP contribution in [0.4, 0.5) is 19.1 Å². The van der Waals surface area contributed by atoms with E-state index in [4.69, 9.17) is 0 Å². The zero-order chi connectivity index (χ0) is 18.8. The Morgan fingerprint density at radius 1 is 1.24 bits per heavy atom. The number of amides is 1. The predicted molar refractivity (Wildman–Crippen MR) is 86.5 cm³/mol. The van der Waals surface area contributed by atoms with Crippen LogP contribution in [0.5, 0.6) is 0 Å². The Labute approximate surface area is 141 Å². The molecule has 1 aromatic carbocycles. The van der Waals surface area contributed by atoms with E-state index in [1.54, 1.807) is 21.0 Å². The number of alkyl halides is 3. The molecule has 1 unspecified atom stereocenters. The van der Waals surface area contributed by atoms with Crippen molar-refractivity contribution in [2.24, 2.45) is 0 Å². The van der Waals surface area contributed by atoms with Gasteiger partial charge >= 0.3 is 6.18 Å². The number of nitrogens with zero attached hydrogens (tertiary/aromatic N) is 2. The van der Waals surface area contributed by atoms with Crippen LogP contribution in [0.15, 0.2) is 35.1 Å². The van der Waals surface area contributed by atoms with E-state index in [9.17, 15) is 22.8 Å². The molecule has 9 heteroatoms. The SMILES string of the molecule is CC(NC(=O)c1cc(=O)[nH]c(N(C)C)n1)c1ccc(C(F)(F)F)cc1. The Morgan fingerprint density at radius 3 is 2.36 bits per heavy atom. The number of carbonyl (C=O) groups is 1. The van der Waals surface area contributed by atoms with Gasteiger partial charge in [-0.25, -0.2) is 4.98 Å².